The third kappa shape index (κ3) is 2.06. The van der Waals surface area contributed by atoms with Crippen LogP contribution in [0.1, 0.15) is 28.7 Å². The number of carbonyl (C=O) groups is 1. The van der Waals surface area contributed by atoms with Gasteiger partial charge >= 0.3 is 5.97 Å². The van der Waals surface area contributed by atoms with Gasteiger partial charge in [0.25, 0.3) is 0 Å². The monoisotopic (exact) mass is 231 g/mol. The number of aryl methyl sites for hydroxylation is 2. The quantitative estimate of drug-likeness (QED) is 0.882. The minimum atomic E-state index is -1.07. The van der Waals surface area contributed by atoms with Crippen LogP contribution in [0.4, 0.5) is 0 Å². The van der Waals surface area contributed by atoms with E-state index in [2.05, 4.69) is 4.98 Å². The van der Waals surface area contributed by atoms with Gasteiger partial charge in [0.15, 0.2) is 0 Å². The number of rotatable bonds is 3. The number of nitrogens with zero attached hydrogens (tertiary/aromatic N) is 1. The van der Waals surface area contributed by atoms with E-state index in [4.69, 9.17) is 9.52 Å². The molecule has 0 spiro atoms. The lowest BCUT2D eigenvalue weighted by Crippen LogP contribution is -1.98. The van der Waals surface area contributed by atoms with E-state index in [1.165, 1.54) is 0 Å². The number of hydrogen-bond donors (Lipinski definition) is 1. The first-order chi connectivity index (χ1) is 8.13. The summed E-state index contributed by atoms with van der Waals surface area (Å²) in [4.78, 5) is 15.2. The van der Waals surface area contributed by atoms with Crippen LogP contribution >= 0.6 is 0 Å². The van der Waals surface area contributed by atoms with Crippen molar-refractivity contribution in [2.75, 3.05) is 0 Å². The fraction of sp³-hybridized carbons (Fsp3) is 0.231. The minimum Gasteiger partial charge on any atom is -0.475 e. The van der Waals surface area contributed by atoms with Crippen LogP contribution in [0.5, 0.6) is 0 Å². The van der Waals surface area contributed by atoms with Crippen LogP contribution in [0.3, 0.4) is 0 Å². The van der Waals surface area contributed by atoms with Gasteiger partial charge in [0, 0.05) is 5.56 Å². The zero-order chi connectivity index (χ0) is 12.4. The molecule has 4 nitrogen and oxygen atoms in total. The van der Waals surface area contributed by atoms with E-state index in [1.807, 2.05) is 38.1 Å². The van der Waals surface area contributed by atoms with Gasteiger partial charge in [0.2, 0.25) is 11.7 Å². The molecule has 0 aliphatic carbocycles. The SMILES string of the molecule is CCc1nc(-c2ccccc2C)oc1C(=O)O. The molecule has 17 heavy (non-hydrogen) atoms. The molecule has 4 heteroatoms. The lowest BCUT2D eigenvalue weighted by Gasteiger charge is -1.98. The molecule has 2 rings (SSSR count). The molecule has 0 bridgehead atoms. The molecule has 88 valence electrons. The highest BCUT2D eigenvalue weighted by molar-refractivity contribution is 5.86. The van der Waals surface area contributed by atoms with E-state index in [0.29, 0.717) is 18.0 Å². The average Bonchev–Trinajstić information content (AvgIpc) is 2.73. The number of hydrogen-bond acceptors (Lipinski definition) is 3. The summed E-state index contributed by atoms with van der Waals surface area (Å²) in [6.07, 6.45) is 0.539. The molecule has 0 amide bonds. The maximum absolute atomic E-state index is 11.0. The number of carboxylic acid groups (broad SMARTS) is 1. The van der Waals surface area contributed by atoms with Crippen LogP contribution in [-0.4, -0.2) is 16.1 Å². The van der Waals surface area contributed by atoms with Crippen molar-refractivity contribution in [2.45, 2.75) is 20.3 Å². The highest BCUT2D eigenvalue weighted by Crippen LogP contribution is 2.25. The normalized spacial score (nSPS) is 10.5. The first kappa shape index (κ1) is 11.4. The number of aromatic nitrogens is 1. The van der Waals surface area contributed by atoms with Crippen molar-refractivity contribution < 1.29 is 14.3 Å². The van der Waals surface area contributed by atoms with Gasteiger partial charge in [0.1, 0.15) is 0 Å². The first-order valence-electron chi connectivity index (χ1n) is 5.42. The molecular weight excluding hydrogens is 218 g/mol. The van der Waals surface area contributed by atoms with Crippen LogP contribution in [-0.2, 0) is 6.42 Å². The standard InChI is InChI=1S/C13H13NO3/c1-3-10-11(13(15)16)17-12(14-10)9-7-5-4-6-8(9)2/h4-7H,3H2,1-2H3,(H,15,16). The summed E-state index contributed by atoms with van der Waals surface area (Å²) >= 11 is 0. The Bertz CT molecular complexity index is 558. The fourth-order valence-electron chi connectivity index (χ4n) is 1.69. The smallest absolute Gasteiger partial charge is 0.373 e. The van der Waals surface area contributed by atoms with Gasteiger partial charge in [-0.3, -0.25) is 0 Å². The van der Waals surface area contributed by atoms with Crippen molar-refractivity contribution in [2.24, 2.45) is 0 Å². The molecule has 0 unspecified atom stereocenters. The van der Waals surface area contributed by atoms with Crippen molar-refractivity contribution in [1.82, 2.24) is 4.98 Å². The van der Waals surface area contributed by atoms with Crippen molar-refractivity contribution >= 4 is 5.97 Å². The number of oxazole rings is 1. The van der Waals surface area contributed by atoms with Gasteiger partial charge in [-0.25, -0.2) is 9.78 Å². The summed E-state index contributed by atoms with van der Waals surface area (Å²) in [5.74, 6) is -0.766. The molecule has 1 N–H and O–H groups in total. The number of benzene rings is 1. The molecule has 0 aliphatic rings. The van der Waals surface area contributed by atoms with Crippen LogP contribution in [0.15, 0.2) is 28.7 Å². The average molecular weight is 231 g/mol. The summed E-state index contributed by atoms with van der Waals surface area (Å²) in [6.45, 7) is 3.79. The molecule has 0 aliphatic heterocycles. The van der Waals surface area contributed by atoms with Crippen LogP contribution < -0.4 is 0 Å². The molecule has 0 atom stereocenters. The predicted octanol–water partition coefficient (Wildman–Crippen LogP) is 2.91. The Morgan fingerprint density at radius 3 is 2.65 bits per heavy atom. The number of aromatic carboxylic acids is 1. The molecule has 1 heterocycles. The van der Waals surface area contributed by atoms with E-state index in [1.54, 1.807) is 0 Å². The third-order valence-corrected chi connectivity index (χ3v) is 2.60. The van der Waals surface area contributed by atoms with Crippen LogP contribution in [0, 0.1) is 6.92 Å². The van der Waals surface area contributed by atoms with Crippen molar-refractivity contribution in [3.05, 3.63) is 41.3 Å². The van der Waals surface area contributed by atoms with Crippen molar-refractivity contribution in [3.63, 3.8) is 0 Å². The summed E-state index contributed by atoms with van der Waals surface area (Å²) in [5, 5.41) is 8.99. The number of carboxylic acids is 1. The molecule has 2 aromatic rings. The van der Waals surface area contributed by atoms with Crippen molar-refractivity contribution in [1.29, 1.82) is 0 Å². The van der Waals surface area contributed by atoms with Crippen LogP contribution in [0.2, 0.25) is 0 Å². The Morgan fingerprint density at radius 1 is 1.41 bits per heavy atom. The molecule has 1 aromatic carbocycles. The summed E-state index contributed by atoms with van der Waals surface area (Å²) in [5.41, 5.74) is 2.32. The minimum absolute atomic E-state index is 0.0641. The molecule has 0 fully saturated rings. The van der Waals surface area contributed by atoms with Gasteiger partial charge in [-0.15, -0.1) is 0 Å². The first-order valence-corrected chi connectivity index (χ1v) is 5.42. The van der Waals surface area contributed by atoms with Gasteiger partial charge in [-0.2, -0.15) is 0 Å². The Hall–Kier alpha value is -2.10. The van der Waals surface area contributed by atoms with E-state index in [0.717, 1.165) is 11.1 Å². The summed E-state index contributed by atoms with van der Waals surface area (Å²) < 4.78 is 5.32. The third-order valence-electron chi connectivity index (χ3n) is 2.60. The topological polar surface area (TPSA) is 63.3 Å². The molecule has 0 saturated heterocycles. The second-order valence-corrected chi connectivity index (χ2v) is 3.77. The van der Waals surface area contributed by atoms with Crippen LogP contribution in [0.25, 0.3) is 11.5 Å². The highest BCUT2D eigenvalue weighted by atomic mass is 16.4. The highest BCUT2D eigenvalue weighted by Gasteiger charge is 2.19. The van der Waals surface area contributed by atoms with E-state index >= 15 is 0 Å². The molecule has 1 aromatic heterocycles. The second kappa shape index (κ2) is 4.41. The molecular formula is C13H13NO3. The Balaban J connectivity index is 2.54. The lowest BCUT2D eigenvalue weighted by molar-refractivity contribution is 0.0662. The summed E-state index contributed by atoms with van der Waals surface area (Å²) in [6, 6.07) is 7.59. The fourth-order valence-corrected chi connectivity index (χ4v) is 1.69. The second-order valence-electron chi connectivity index (χ2n) is 3.77. The maximum Gasteiger partial charge on any atom is 0.373 e. The van der Waals surface area contributed by atoms with Gasteiger partial charge < -0.3 is 9.52 Å². The largest absolute Gasteiger partial charge is 0.475 e. The zero-order valence-electron chi connectivity index (χ0n) is 9.73. The van der Waals surface area contributed by atoms with Gasteiger partial charge in [-0.05, 0) is 25.0 Å². The molecule has 0 saturated carbocycles. The Kier molecular flexibility index (Phi) is 2.95. The van der Waals surface area contributed by atoms with Gasteiger partial charge in [-0.1, -0.05) is 25.1 Å². The van der Waals surface area contributed by atoms with Gasteiger partial charge in [0.05, 0.1) is 5.69 Å². The Morgan fingerprint density at radius 2 is 2.12 bits per heavy atom. The van der Waals surface area contributed by atoms with E-state index in [-0.39, 0.29) is 5.76 Å². The van der Waals surface area contributed by atoms with E-state index in [9.17, 15) is 4.79 Å². The summed E-state index contributed by atoms with van der Waals surface area (Å²) in [7, 11) is 0. The van der Waals surface area contributed by atoms with E-state index < -0.39 is 5.97 Å². The maximum atomic E-state index is 11.0. The lowest BCUT2D eigenvalue weighted by atomic mass is 10.1. The molecule has 0 radical (unpaired) electrons. The predicted molar refractivity (Wildman–Crippen MR) is 63.0 cm³/mol. The van der Waals surface area contributed by atoms with Crippen molar-refractivity contribution in [3.8, 4) is 11.5 Å². The zero-order valence-corrected chi connectivity index (χ0v) is 9.73. The Labute approximate surface area is 98.9 Å².